The van der Waals surface area contributed by atoms with Gasteiger partial charge in [-0.1, -0.05) is 30.3 Å². The van der Waals surface area contributed by atoms with Crippen molar-refractivity contribution < 1.29 is 19.1 Å². The lowest BCUT2D eigenvalue weighted by molar-refractivity contribution is -0.126. The molecule has 3 aromatic rings. The van der Waals surface area contributed by atoms with Gasteiger partial charge in [-0.3, -0.25) is 14.6 Å². The topological polar surface area (TPSA) is 80.8 Å². The number of hydrogen-bond acceptors (Lipinski definition) is 5. The largest absolute Gasteiger partial charge is 0.495 e. The minimum absolute atomic E-state index is 0.0727. The molecule has 2 amide bonds. The van der Waals surface area contributed by atoms with Crippen LogP contribution in [0.25, 0.3) is 10.9 Å². The Balaban J connectivity index is 1.25. The van der Waals surface area contributed by atoms with E-state index in [9.17, 15) is 9.59 Å². The van der Waals surface area contributed by atoms with Crippen molar-refractivity contribution in [1.29, 1.82) is 0 Å². The maximum Gasteiger partial charge on any atom is 0.227 e. The second kappa shape index (κ2) is 9.47. The summed E-state index contributed by atoms with van der Waals surface area (Å²) < 4.78 is 11.2. The zero-order valence-electron chi connectivity index (χ0n) is 17.4. The van der Waals surface area contributed by atoms with Crippen LogP contribution in [-0.4, -0.2) is 43.6 Å². The first kappa shape index (κ1) is 20.7. The van der Waals surface area contributed by atoms with Gasteiger partial charge in [0.25, 0.3) is 0 Å². The number of anilines is 1. The maximum absolute atomic E-state index is 12.6. The van der Waals surface area contributed by atoms with Crippen LogP contribution >= 0.6 is 0 Å². The number of benzene rings is 2. The number of pyridine rings is 1. The Bertz CT molecular complexity index is 1080. The summed E-state index contributed by atoms with van der Waals surface area (Å²) in [4.78, 5) is 31.0. The van der Waals surface area contributed by atoms with Crippen LogP contribution in [0, 0.1) is 5.92 Å². The smallest absolute Gasteiger partial charge is 0.227 e. The molecule has 0 radical (unpaired) electrons. The third kappa shape index (κ3) is 4.60. The third-order valence-electron chi connectivity index (χ3n) is 5.35. The Morgan fingerprint density at radius 3 is 2.81 bits per heavy atom. The number of hydrogen-bond donors (Lipinski definition) is 1. The molecule has 1 aromatic heterocycles. The minimum Gasteiger partial charge on any atom is -0.495 e. The van der Waals surface area contributed by atoms with E-state index in [0.717, 1.165) is 16.7 Å². The lowest BCUT2D eigenvalue weighted by Gasteiger charge is -2.19. The first-order valence-electron chi connectivity index (χ1n) is 10.3. The van der Waals surface area contributed by atoms with Gasteiger partial charge in [0.15, 0.2) is 0 Å². The molecule has 1 aliphatic rings. The van der Waals surface area contributed by atoms with Gasteiger partial charge in [0.2, 0.25) is 11.8 Å². The molecule has 31 heavy (non-hydrogen) atoms. The number of amides is 2. The molecule has 0 bridgehead atoms. The highest BCUT2D eigenvalue weighted by atomic mass is 16.5. The van der Waals surface area contributed by atoms with Gasteiger partial charge in [0, 0.05) is 31.1 Å². The van der Waals surface area contributed by atoms with Gasteiger partial charge in [0.05, 0.1) is 25.3 Å². The van der Waals surface area contributed by atoms with Gasteiger partial charge in [-0.25, -0.2) is 0 Å². The van der Waals surface area contributed by atoms with Crippen LogP contribution in [0.1, 0.15) is 12.8 Å². The number of fused-ring (bicyclic) bond motifs is 1. The summed E-state index contributed by atoms with van der Waals surface area (Å²) in [5.41, 5.74) is 1.53. The predicted molar refractivity (Wildman–Crippen MR) is 118 cm³/mol. The molecule has 1 N–H and O–H groups in total. The zero-order chi connectivity index (χ0) is 21.6. The van der Waals surface area contributed by atoms with Crippen LogP contribution in [-0.2, 0) is 9.59 Å². The van der Waals surface area contributed by atoms with Crippen LogP contribution < -0.4 is 19.7 Å². The van der Waals surface area contributed by atoms with Crippen LogP contribution in [0.4, 0.5) is 5.69 Å². The molecule has 1 atom stereocenters. The second-order valence-corrected chi connectivity index (χ2v) is 7.40. The fourth-order valence-corrected chi connectivity index (χ4v) is 3.77. The highest BCUT2D eigenvalue weighted by molar-refractivity contribution is 6.01. The second-order valence-electron chi connectivity index (χ2n) is 7.40. The van der Waals surface area contributed by atoms with E-state index >= 15 is 0 Å². The van der Waals surface area contributed by atoms with Crippen molar-refractivity contribution in [3.05, 3.63) is 60.8 Å². The third-order valence-corrected chi connectivity index (χ3v) is 5.35. The minimum atomic E-state index is -0.374. The number of para-hydroxylation sites is 3. The van der Waals surface area contributed by atoms with E-state index in [1.807, 2.05) is 54.6 Å². The van der Waals surface area contributed by atoms with E-state index in [1.165, 1.54) is 0 Å². The lowest BCUT2D eigenvalue weighted by Crippen LogP contribution is -2.34. The Morgan fingerprint density at radius 1 is 1.13 bits per heavy atom. The standard InChI is InChI=1S/C24H25N3O4/c1-30-20-10-3-2-9-19(20)27-16-18(15-22(27)28)24(29)26-13-6-14-31-21-11-4-7-17-8-5-12-25-23(17)21/h2-5,7-12,18H,6,13-16H2,1H3,(H,26,29). The van der Waals surface area contributed by atoms with Crippen molar-refractivity contribution >= 4 is 28.4 Å². The molecule has 0 saturated carbocycles. The van der Waals surface area contributed by atoms with Crippen molar-refractivity contribution in [1.82, 2.24) is 10.3 Å². The fourth-order valence-electron chi connectivity index (χ4n) is 3.77. The molecule has 7 nitrogen and oxygen atoms in total. The molecule has 160 valence electrons. The number of aromatic nitrogens is 1. The summed E-state index contributed by atoms with van der Waals surface area (Å²) in [6.45, 7) is 1.30. The van der Waals surface area contributed by atoms with E-state index in [-0.39, 0.29) is 24.2 Å². The average molecular weight is 419 g/mol. The Hall–Kier alpha value is -3.61. The number of nitrogens with zero attached hydrogens (tertiary/aromatic N) is 2. The van der Waals surface area contributed by atoms with Gasteiger partial charge in [-0.2, -0.15) is 0 Å². The number of rotatable bonds is 8. The van der Waals surface area contributed by atoms with Crippen molar-refractivity contribution in [2.45, 2.75) is 12.8 Å². The molecule has 1 unspecified atom stereocenters. The number of nitrogens with one attached hydrogen (secondary N) is 1. The Morgan fingerprint density at radius 2 is 1.94 bits per heavy atom. The molecule has 4 rings (SSSR count). The molecule has 1 saturated heterocycles. The number of methoxy groups -OCH3 is 1. The van der Waals surface area contributed by atoms with Crippen LogP contribution in [0.3, 0.4) is 0 Å². The van der Waals surface area contributed by atoms with Crippen LogP contribution in [0.2, 0.25) is 0 Å². The molecule has 2 aromatic carbocycles. The molecule has 0 aliphatic carbocycles. The summed E-state index contributed by atoms with van der Waals surface area (Å²) in [7, 11) is 1.57. The summed E-state index contributed by atoms with van der Waals surface area (Å²) in [6, 6.07) is 17.0. The summed E-state index contributed by atoms with van der Waals surface area (Å²) in [5, 5.41) is 3.95. The van der Waals surface area contributed by atoms with Crippen molar-refractivity contribution in [2.24, 2.45) is 5.92 Å². The maximum atomic E-state index is 12.6. The van der Waals surface area contributed by atoms with E-state index in [1.54, 1.807) is 18.2 Å². The molecular formula is C24H25N3O4. The van der Waals surface area contributed by atoms with Gasteiger partial charge in [0.1, 0.15) is 17.0 Å². The number of carbonyl (C=O) groups excluding carboxylic acids is 2. The summed E-state index contributed by atoms with van der Waals surface area (Å²) >= 11 is 0. The molecule has 1 aliphatic heterocycles. The van der Waals surface area contributed by atoms with Gasteiger partial charge in [-0.15, -0.1) is 0 Å². The van der Waals surface area contributed by atoms with Crippen molar-refractivity contribution in [2.75, 3.05) is 31.7 Å². The normalized spacial score (nSPS) is 15.8. The quantitative estimate of drug-likeness (QED) is 0.567. The predicted octanol–water partition coefficient (Wildman–Crippen LogP) is 3.18. The highest BCUT2D eigenvalue weighted by Gasteiger charge is 2.36. The molecule has 2 heterocycles. The molecule has 1 fully saturated rings. The number of carbonyl (C=O) groups is 2. The Labute approximate surface area is 181 Å². The van der Waals surface area contributed by atoms with Crippen molar-refractivity contribution in [3.8, 4) is 11.5 Å². The lowest BCUT2D eigenvalue weighted by atomic mass is 10.1. The van der Waals surface area contributed by atoms with Gasteiger partial charge < -0.3 is 19.7 Å². The monoisotopic (exact) mass is 419 g/mol. The average Bonchev–Trinajstić information content (AvgIpc) is 3.20. The van der Waals surface area contributed by atoms with Gasteiger partial charge >= 0.3 is 0 Å². The van der Waals surface area contributed by atoms with Crippen LogP contribution in [0.15, 0.2) is 60.8 Å². The zero-order valence-corrected chi connectivity index (χ0v) is 17.4. The fraction of sp³-hybridized carbons (Fsp3) is 0.292. The molecule has 7 heteroatoms. The first-order chi connectivity index (χ1) is 15.2. The van der Waals surface area contributed by atoms with E-state index in [0.29, 0.717) is 37.6 Å². The molecular weight excluding hydrogens is 394 g/mol. The van der Waals surface area contributed by atoms with E-state index in [4.69, 9.17) is 9.47 Å². The van der Waals surface area contributed by atoms with E-state index < -0.39 is 0 Å². The van der Waals surface area contributed by atoms with Crippen molar-refractivity contribution in [3.63, 3.8) is 0 Å². The first-order valence-corrected chi connectivity index (χ1v) is 10.3. The van der Waals surface area contributed by atoms with E-state index in [2.05, 4.69) is 10.3 Å². The summed E-state index contributed by atoms with van der Waals surface area (Å²) in [6.07, 6.45) is 2.60. The SMILES string of the molecule is COc1ccccc1N1CC(C(=O)NCCCOc2cccc3cccnc23)CC1=O. The summed E-state index contributed by atoms with van der Waals surface area (Å²) in [5.74, 6) is 0.796. The number of ether oxygens (including phenoxy) is 2. The highest BCUT2D eigenvalue weighted by Crippen LogP contribution is 2.32. The van der Waals surface area contributed by atoms with Crippen LogP contribution in [0.5, 0.6) is 11.5 Å². The molecule has 0 spiro atoms. The Kier molecular flexibility index (Phi) is 6.31. The van der Waals surface area contributed by atoms with Gasteiger partial charge in [-0.05, 0) is 30.7 Å².